The lowest BCUT2D eigenvalue weighted by molar-refractivity contribution is -0.146. The van der Waals surface area contributed by atoms with Crippen molar-refractivity contribution >= 4 is 5.69 Å². The number of anilines is 1. The quantitative estimate of drug-likeness (QED) is 0.853. The van der Waals surface area contributed by atoms with Crippen LogP contribution >= 0.6 is 0 Å². The van der Waals surface area contributed by atoms with Crippen molar-refractivity contribution in [3.8, 4) is 0 Å². The molecule has 18 heavy (non-hydrogen) atoms. The van der Waals surface area contributed by atoms with Gasteiger partial charge in [-0.1, -0.05) is 6.92 Å². The summed E-state index contributed by atoms with van der Waals surface area (Å²) in [4.78, 5) is 5.41. The van der Waals surface area contributed by atoms with Gasteiger partial charge in [0.05, 0.1) is 12.2 Å². The van der Waals surface area contributed by atoms with Crippen molar-refractivity contribution in [3.05, 3.63) is 24.0 Å². The van der Waals surface area contributed by atoms with E-state index in [0.717, 1.165) is 12.2 Å². The molecule has 0 aromatic carbocycles. The Kier molecular flexibility index (Phi) is 5.40. The standard InChI is InChI=1S/C12H18F3N3/c1-3-16-10-5-6-17-11(7-10)8-18(4-2)9-12(13,14)15/h5-7H,3-4,8-9H2,1-2H3,(H,16,17). The Morgan fingerprint density at radius 3 is 2.61 bits per heavy atom. The fourth-order valence-electron chi connectivity index (χ4n) is 1.64. The van der Waals surface area contributed by atoms with E-state index >= 15 is 0 Å². The van der Waals surface area contributed by atoms with Gasteiger partial charge < -0.3 is 5.32 Å². The molecule has 0 fully saturated rings. The Morgan fingerprint density at radius 1 is 1.33 bits per heavy atom. The van der Waals surface area contributed by atoms with Gasteiger partial charge in [-0.05, 0) is 25.6 Å². The molecule has 0 aliphatic heterocycles. The van der Waals surface area contributed by atoms with Gasteiger partial charge in [-0.3, -0.25) is 9.88 Å². The minimum Gasteiger partial charge on any atom is -0.385 e. The summed E-state index contributed by atoms with van der Waals surface area (Å²) in [6.45, 7) is 4.07. The predicted octanol–water partition coefficient (Wildman–Crippen LogP) is 2.90. The second-order valence-corrected chi connectivity index (χ2v) is 3.98. The van der Waals surface area contributed by atoms with Crippen LogP contribution in [-0.4, -0.2) is 35.7 Å². The number of hydrogen-bond acceptors (Lipinski definition) is 3. The van der Waals surface area contributed by atoms with Gasteiger partial charge >= 0.3 is 6.18 Å². The zero-order valence-corrected chi connectivity index (χ0v) is 10.6. The van der Waals surface area contributed by atoms with Crippen LogP contribution in [0.3, 0.4) is 0 Å². The van der Waals surface area contributed by atoms with Gasteiger partial charge in [0.15, 0.2) is 0 Å². The van der Waals surface area contributed by atoms with E-state index in [9.17, 15) is 13.2 Å². The molecule has 1 aromatic heterocycles. The lowest BCUT2D eigenvalue weighted by atomic mass is 10.3. The lowest BCUT2D eigenvalue weighted by Crippen LogP contribution is -2.33. The first-order valence-electron chi connectivity index (χ1n) is 5.92. The van der Waals surface area contributed by atoms with E-state index in [4.69, 9.17) is 0 Å². The van der Waals surface area contributed by atoms with E-state index in [0.29, 0.717) is 12.2 Å². The van der Waals surface area contributed by atoms with Gasteiger partial charge in [0.2, 0.25) is 0 Å². The average molecular weight is 261 g/mol. The number of aromatic nitrogens is 1. The first-order chi connectivity index (χ1) is 8.44. The summed E-state index contributed by atoms with van der Waals surface area (Å²) in [5, 5.41) is 3.11. The van der Waals surface area contributed by atoms with Crippen molar-refractivity contribution in [2.75, 3.05) is 25.0 Å². The smallest absolute Gasteiger partial charge is 0.385 e. The summed E-state index contributed by atoms with van der Waals surface area (Å²) in [5.41, 5.74) is 1.52. The molecule has 3 nitrogen and oxygen atoms in total. The Hall–Kier alpha value is -1.30. The molecule has 0 aliphatic rings. The second kappa shape index (κ2) is 6.58. The monoisotopic (exact) mass is 261 g/mol. The van der Waals surface area contributed by atoms with E-state index in [1.54, 1.807) is 25.3 Å². The fourth-order valence-corrected chi connectivity index (χ4v) is 1.64. The molecule has 0 atom stereocenters. The number of halogens is 3. The van der Waals surface area contributed by atoms with Crippen LogP contribution in [0.4, 0.5) is 18.9 Å². The number of pyridine rings is 1. The SMILES string of the molecule is CCNc1ccnc(CN(CC)CC(F)(F)F)c1. The molecule has 0 spiro atoms. The Bertz CT molecular complexity index is 366. The van der Waals surface area contributed by atoms with E-state index in [1.165, 1.54) is 4.90 Å². The van der Waals surface area contributed by atoms with Gasteiger partial charge in [0.1, 0.15) is 0 Å². The number of hydrogen-bond donors (Lipinski definition) is 1. The number of alkyl halides is 3. The van der Waals surface area contributed by atoms with Gasteiger partial charge in [0.25, 0.3) is 0 Å². The zero-order valence-electron chi connectivity index (χ0n) is 10.6. The highest BCUT2D eigenvalue weighted by Gasteiger charge is 2.30. The molecule has 0 bridgehead atoms. The maximum absolute atomic E-state index is 12.3. The van der Waals surface area contributed by atoms with Crippen LogP contribution in [0.25, 0.3) is 0 Å². The van der Waals surface area contributed by atoms with Crippen molar-refractivity contribution in [3.63, 3.8) is 0 Å². The van der Waals surface area contributed by atoms with Crippen molar-refractivity contribution in [2.24, 2.45) is 0 Å². The summed E-state index contributed by atoms with van der Waals surface area (Å²) in [6.07, 6.45) is -2.57. The first kappa shape index (κ1) is 14.8. The Balaban J connectivity index is 2.66. The third-order valence-corrected chi connectivity index (χ3v) is 2.43. The number of nitrogens with zero attached hydrogens (tertiary/aromatic N) is 2. The molecule has 1 rings (SSSR count). The highest BCUT2D eigenvalue weighted by atomic mass is 19.4. The third-order valence-electron chi connectivity index (χ3n) is 2.43. The number of rotatable bonds is 6. The molecule has 102 valence electrons. The maximum Gasteiger partial charge on any atom is 0.401 e. The molecule has 1 aromatic rings. The summed E-state index contributed by atoms with van der Waals surface area (Å²) in [6, 6.07) is 3.58. The van der Waals surface area contributed by atoms with Crippen LogP contribution in [0.15, 0.2) is 18.3 Å². The largest absolute Gasteiger partial charge is 0.401 e. The molecule has 1 N–H and O–H groups in total. The van der Waals surface area contributed by atoms with Crippen LogP contribution in [0, 0.1) is 0 Å². The molecule has 6 heteroatoms. The third kappa shape index (κ3) is 5.35. The summed E-state index contributed by atoms with van der Waals surface area (Å²) < 4.78 is 37.0. The normalized spacial score (nSPS) is 11.9. The Morgan fingerprint density at radius 2 is 2.06 bits per heavy atom. The van der Waals surface area contributed by atoms with Crippen LogP contribution in [0.2, 0.25) is 0 Å². The summed E-state index contributed by atoms with van der Waals surface area (Å²) in [5.74, 6) is 0. The average Bonchev–Trinajstić information content (AvgIpc) is 2.27. The predicted molar refractivity (Wildman–Crippen MR) is 65.4 cm³/mol. The van der Waals surface area contributed by atoms with Crippen LogP contribution in [0.1, 0.15) is 19.5 Å². The van der Waals surface area contributed by atoms with Gasteiger partial charge in [0, 0.05) is 25.0 Å². The topological polar surface area (TPSA) is 28.2 Å². The first-order valence-corrected chi connectivity index (χ1v) is 5.92. The van der Waals surface area contributed by atoms with Crippen molar-refractivity contribution in [2.45, 2.75) is 26.6 Å². The molecule has 0 unspecified atom stereocenters. The second-order valence-electron chi connectivity index (χ2n) is 3.98. The van der Waals surface area contributed by atoms with Crippen molar-refractivity contribution < 1.29 is 13.2 Å². The highest BCUT2D eigenvalue weighted by Crippen LogP contribution is 2.18. The van der Waals surface area contributed by atoms with E-state index < -0.39 is 12.7 Å². The minimum absolute atomic E-state index is 0.204. The molecule has 1 heterocycles. The highest BCUT2D eigenvalue weighted by molar-refractivity contribution is 5.42. The molecule has 0 aliphatic carbocycles. The number of nitrogens with one attached hydrogen (secondary N) is 1. The van der Waals surface area contributed by atoms with E-state index in [1.807, 2.05) is 6.92 Å². The Labute approximate surface area is 105 Å². The van der Waals surface area contributed by atoms with Gasteiger partial charge in [-0.25, -0.2) is 0 Å². The molecule has 0 amide bonds. The molecular weight excluding hydrogens is 243 g/mol. The zero-order chi connectivity index (χ0) is 13.6. The molecule has 0 saturated heterocycles. The van der Waals surface area contributed by atoms with E-state index in [2.05, 4.69) is 10.3 Å². The van der Waals surface area contributed by atoms with Crippen LogP contribution in [-0.2, 0) is 6.54 Å². The molecule has 0 radical (unpaired) electrons. The summed E-state index contributed by atoms with van der Waals surface area (Å²) >= 11 is 0. The minimum atomic E-state index is -4.17. The lowest BCUT2D eigenvalue weighted by Gasteiger charge is -2.21. The van der Waals surface area contributed by atoms with Crippen LogP contribution in [0.5, 0.6) is 0 Å². The molecule has 0 saturated carbocycles. The maximum atomic E-state index is 12.3. The van der Waals surface area contributed by atoms with Gasteiger partial charge in [-0.15, -0.1) is 0 Å². The van der Waals surface area contributed by atoms with Crippen molar-refractivity contribution in [1.82, 2.24) is 9.88 Å². The summed E-state index contributed by atoms with van der Waals surface area (Å²) in [7, 11) is 0. The van der Waals surface area contributed by atoms with Crippen LogP contribution < -0.4 is 5.32 Å². The van der Waals surface area contributed by atoms with E-state index in [-0.39, 0.29) is 6.54 Å². The molecular formula is C12H18F3N3. The van der Waals surface area contributed by atoms with Crippen molar-refractivity contribution in [1.29, 1.82) is 0 Å². The fraction of sp³-hybridized carbons (Fsp3) is 0.583. The van der Waals surface area contributed by atoms with Gasteiger partial charge in [-0.2, -0.15) is 13.2 Å².